The first kappa shape index (κ1) is 19.0. The number of amides is 1. The van der Waals surface area contributed by atoms with E-state index in [0.29, 0.717) is 22.5 Å². The van der Waals surface area contributed by atoms with Gasteiger partial charge in [0.2, 0.25) is 11.9 Å². The van der Waals surface area contributed by atoms with Gasteiger partial charge in [-0.15, -0.1) is 0 Å². The van der Waals surface area contributed by atoms with Crippen LogP contribution < -0.4 is 20.9 Å². The Labute approximate surface area is 167 Å². The Morgan fingerprint density at radius 1 is 1.28 bits per heavy atom. The van der Waals surface area contributed by atoms with Crippen molar-refractivity contribution >= 4 is 28.6 Å². The third-order valence-corrected chi connectivity index (χ3v) is 5.24. The molecule has 1 amide bonds. The molecule has 2 aromatic heterocycles. The fourth-order valence-electron chi connectivity index (χ4n) is 3.62. The van der Waals surface area contributed by atoms with Crippen LogP contribution in [0.5, 0.6) is 5.75 Å². The lowest BCUT2D eigenvalue weighted by atomic mass is 10.2. The number of methoxy groups -OCH3 is 1. The third-order valence-electron chi connectivity index (χ3n) is 5.24. The van der Waals surface area contributed by atoms with Crippen LogP contribution in [-0.4, -0.2) is 38.8 Å². The van der Waals surface area contributed by atoms with Gasteiger partial charge < -0.3 is 15.4 Å². The fraction of sp³-hybridized carbons (Fsp3) is 0.400. The van der Waals surface area contributed by atoms with E-state index in [1.54, 1.807) is 44.5 Å². The Balaban J connectivity index is 1.50. The normalized spacial score (nSPS) is 15.4. The van der Waals surface area contributed by atoms with Crippen molar-refractivity contribution in [1.82, 2.24) is 19.7 Å². The molecule has 1 saturated carbocycles. The van der Waals surface area contributed by atoms with Crippen LogP contribution in [0.1, 0.15) is 38.6 Å². The zero-order valence-electron chi connectivity index (χ0n) is 16.4. The van der Waals surface area contributed by atoms with Gasteiger partial charge in [0.1, 0.15) is 17.2 Å². The zero-order valence-corrected chi connectivity index (χ0v) is 16.4. The largest absolute Gasteiger partial charge is 0.497 e. The van der Waals surface area contributed by atoms with E-state index in [-0.39, 0.29) is 23.5 Å². The van der Waals surface area contributed by atoms with Crippen molar-refractivity contribution in [2.75, 3.05) is 17.7 Å². The molecule has 0 bridgehead atoms. The summed E-state index contributed by atoms with van der Waals surface area (Å²) in [6.45, 7) is 1.71. The highest BCUT2D eigenvalue weighted by Gasteiger charge is 2.22. The van der Waals surface area contributed by atoms with Crippen molar-refractivity contribution in [3.05, 3.63) is 40.8 Å². The summed E-state index contributed by atoms with van der Waals surface area (Å²) in [5.74, 6) is 0.713. The first-order valence-electron chi connectivity index (χ1n) is 9.74. The van der Waals surface area contributed by atoms with Gasteiger partial charge in [0.15, 0.2) is 5.65 Å². The maximum atomic E-state index is 12.5. The van der Waals surface area contributed by atoms with Crippen molar-refractivity contribution in [2.45, 2.75) is 44.7 Å². The van der Waals surface area contributed by atoms with Crippen molar-refractivity contribution in [3.63, 3.8) is 0 Å². The van der Waals surface area contributed by atoms with Gasteiger partial charge in [-0.3, -0.25) is 14.6 Å². The summed E-state index contributed by atoms with van der Waals surface area (Å²) >= 11 is 0. The molecule has 152 valence electrons. The summed E-state index contributed by atoms with van der Waals surface area (Å²) in [6.07, 6.45) is 5.94. The number of nitrogens with one attached hydrogen (secondary N) is 3. The van der Waals surface area contributed by atoms with Crippen LogP contribution in [0.25, 0.3) is 11.0 Å². The summed E-state index contributed by atoms with van der Waals surface area (Å²) in [5, 5.41) is 10.6. The van der Waals surface area contributed by atoms with Crippen LogP contribution in [0, 0.1) is 0 Å². The van der Waals surface area contributed by atoms with Crippen LogP contribution in [-0.2, 0) is 4.79 Å². The first-order chi connectivity index (χ1) is 14.0. The lowest BCUT2D eigenvalue weighted by Gasteiger charge is -2.15. The topological polar surface area (TPSA) is 114 Å². The Bertz CT molecular complexity index is 1070. The second-order valence-electron chi connectivity index (χ2n) is 7.26. The molecule has 3 aromatic rings. The van der Waals surface area contributed by atoms with Gasteiger partial charge in [-0.1, -0.05) is 12.8 Å². The molecule has 2 heterocycles. The van der Waals surface area contributed by atoms with E-state index in [1.807, 2.05) is 4.68 Å². The zero-order chi connectivity index (χ0) is 20.4. The molecule has 9 heteroatoms. The predicted molar refractivity (Wildman–Crippen MR) is 110 cm³/mol. The van der Waals surface area contributed by atoms with E-state index in [4.69, 9.17) is 4.74 Å². The number of rotatable bonds is 6. The quantitative estimate of drug-likeness (QED) is 0.590. The standard InChI is InChI=1S/C20H24N6O3/c1-12(18(27)23-13-7-9-15(29-2)10-8-13)22-20-24-17-16(19(28)25-20)11-21-26(17)14-5-3-4-6-14/h7-12,14H,3-6H2,1-2H3,(H,23,27)(H2,22,24,25,28)/t12-/m0/s1. The second kappa shape index (κ2) is 7.94. The van der Waals surface area contributed by atoms with E-state index in [9.17, 15) is 9.59 Å². The maximum absolute atomic E-state index is 12.5. The molecule has 0 aliphatic heterocycles. The predicted octanol–water partition coefficient (Wildman–Crippen LogP) is 2.68. The number of benzene rings is 1. The van der Waals surface area contributed by atoms with Crippen molar-refractivity contribution in [2.24, 2.45) is 0 Å². The molecule has 0 saturated heterocycles. The smallest absolute Gasteiger partial charge is 0.263 e. The Kier molecular flexibility index (Phi) is 5.20. The molecule has 0 unspecified atom stereocenters. The summed E-state index contributed by atoms with van der Waals surface area (Å²) in [7, 11) is 1.59. The summed E-state index contributed by atoms with van der Waals surface area (Å²) in [5.41, 5.74) is 0.927. The minimum atomic E-state index is -0.611. The van der Waals surface area contributed by atoms with Gasteiger partial charge in [-0.05, 0) is 44.0 Å². The van der Waals surface area contributed by atoms with Crippen LogP contribution in [0.2, 0.25) is 0 Å². The number of ether oxygens (including phenoxy) is 1. The summed E-state index contributed by atoms with van der Waals surface area (Å²) in [6, 6.07) is 6.72. The van der Waals surface area contributed by atoms with Crippen LogP contribution >= 0.6 is 0 Å². The van der Waals surface area contributed by atoms with Gasteiger partial charge in [0, 0.05) is 5.69 Å². The highest BCUT2D eigenvalue weighted by atomic mass is 16.5. The van der Waals surface area contributed by atoms with Gasteiger partial charge in [0.05, 0.1) is 19.3 Å². The maximum Gasteiger partial charge on any atom is 0.263 e. The lowest BCUT2D eigenvalue weighted by Crippen LogP contribution is -2.33. The highest BCUT2D eigenvalue weighted by molar-refractivity contribution is 5.96. The molecule has 3 N–H and O–H groups in total. The number of carbonyl (C=O) groups is 1. The highest BCUT2D eigenvalue weighted by Crippen LogP contribution is 2.30. The molecule has 1 fully saturated rings. The average molecular weight is 396 g/mol. The van der Waals surface area contributed by atoms with E-state index in [2.05, 4.69) is 25.7 Å². The molecular weight excluding hydrogens is 372 g/mol. The molecule has 29 heavy (non-hydrogen) atoms. The minimum absolute atomic E-state index is 0.248. The third kappa shape index (κ3) is 3.94. The minimum Gasteiger partial charge on any atom is -0.497 e. The van der Waals surface area contributed by atoms with Gasteiger partial charge in [-0.2, -0.15) is 10.1 Å². The van der Waals surface area contributed by atoms with Crippen LogP contribution in [0.3, 0.4) is 0 Å². The van der Waals surface area contributed by atoms with Gasteiger partial charge >= 0.3 is 0 Å². The number of H-pyrrole nitrogens is 1. The summed E-state index contributed by atoms with van der Waals surface area (Å²) in [4.78, 5) is 32.2. The molecule has 9 nitrogen and oxygen atoms in total. The number of anilines is 2. The molecule has 1 aliphatic carbocycles. The fourth-order valence-corrected chi connectivity index (χ4v) is 3.62. The molecule has 1 aliphatic rings. The average Bonchev–Trinajstić information content (AvgIpc) is 3.38. The van der Waals surface area contributed by atoms with E-state index < -0.39 is 6.04 Å². The van der Waals surface area contributed by atoms with Crippen LogP contribution in [0.15, 0.2) is 35.3 Å². The van der Waals surface area contributed by atoms with Crippen molar-refractivity contribution < 1.29 is 9.53 Å². The molecule has 4 rings (SSSR count). The number of aromatic nitrogens is 4. The first-order valence-corrected chi connectivity index (χ1v) is 9.74. The Hall–Kier alpha value is -3.36. The summed E-state index contributed by atoms with van der Waals surface area (Å²) < 4.78 is 6.95. The lowest BCUT2D eigenvalue weighted by molar-refractivity contribution is -0.116. The number of fused-ring (bicyclic) bond motifs is 1. The molecule has 0 spiro atoms. The number of nitrogens with zero attached hydrogens (tertiary/aromatic N) is 3. The number of carbonyl (C=O) groups excluding carboxylic acids is 1. The number of hydrogen-bond acceptors (Lipinski definition) is 6. The van der Waals surface area contributed by atoms with Gasteiger partial charge in [0.25, 0.3) is 5.56 Å². The molecule has 1 atom stereocenters. The van der Waals surface area contributed by atoms with E-state index in [0.717, 1.165) is 25.7 Å². The molecular formula is C20H24N6O3. The second-order valence-corrected chi connectivity index (χ2v) is 7.26. The Morgan fingerprint density at radius 3 is 2.69 bits per heavy atom. The Morgan fingerprint density at radius 2 is 2.00 bits per heavy atom. The SMILES string of the molecule is COc1ccc(NC(=O)[C@H](C)Nc2nc3c(cnn3C3CCCC3)c(=O)[nH]2)cc1. The number of aromatic amines is 1. The van der Waals surface area contributed by atoms with E-state index in [1.165, 1.54) is 0 Å². The van der Waals surface area contributed by atoms with Gasteiger partial charge in [-0.25, -0.2) is 4.68 Å². The van der Waals surface area contributed by atoms with E-state index >= 15 is 0 Å². The molecule has 0 radical (unpaired) electrons. The molecule has 1 aromatic carbocycles. The monoisotopic (exact) mass is 396 g/mol. The van der Waals surface area contributed by atoms with Crippen molar-refractivity contribution in [3.8, 4) is 5.75 Å². The van der Waals surface area contributed by atoms with Crippen molar-refractivity contribution in [1.29, 1.82) is 0 Å². The van der Waals surface area contributed by atoms with Crippen LogP contribution in [0.4, 0.5) is 11.6 Å². The number of hydrogen-bond donors (Lipinski definition) is 3.